The molecule has 4 aromatic rings. The molecule has 2 aliphatic heterocycles. The van der Waals surface area contributed by atoms with Crippen LogP contribution >= 0.6 is 11.6 Å². The van der Waals surface area contributed by atoms with Crippen molar-refractivity contribution in [3.63, 3.8) is 0 Å². The minimum absolute atomic E-state index is 0.0818. The Morgan fingerprint density at radius 1 is 0.833 bits per heavy atom. The topological polar surface area (TPSA) is 130 Å². The number of hydrogen-bond donors (Lipinski definition) is 4. The van der Waals surface area contributed by atoms with E-state index in [1.165, 1.54) is 11.8 Å². The quantitative estimate of drug-likeness (QED) is 0.131. The van der Waals surface area contributed by atoms with Gasteiger partial charge >= 0.3 is 6.18 Å². The third kappa shape index (κ3) is 10.4. The van der Waals surface area contributed by atoms with Crippen molar-refractivity contribution in [3.8, 4) is 5.88 Å². The van der Waals surface area contributed by atoms with Crippen LogP contribution in [0.4, 0.5) is 28.9 Å². The number of halogens is 5. The van der Waals surface area contributed by atoms with E-state index in [0.29, 0.717) is 35.9 Å². The Balaban J connectivity index is 0.000000194. The fourth-order valence-corrected chi connectivity index (χ4v) is 4.83. The maximum atomic E-state index is 14.1. The summed E-state index contributed by atoms with van der Waals surface area (Å²) in [6.07, 6.45) is 0.320. The Kier molecular flexibility index (Phi) is 11.2. The molecule has 2 aromatic heterocycles. The molecule has 0 saturated carbocycles. The fraction of sp³-hybridized carbons (Fsp3) is 0.303. The second-order valence-electron chi connectivity index (χ2n) is 11.5. The Morgan fingerprint density at radius 2 is 1.48 bits per heavy atom. The van der Waals surface area contributed by atoms with E-state index in [2.05, 4.69) is 53.1 Å². The largest absolute Gasteiger partial charge is 0.467 e. The van der Waals surface area contributed by atoms with Crippen LogP contribution in [0.1, 0.15) is 32.0 Å². The summed E-state index contributed by atoms with van der Waals surface area (Å²) in [6.45, 7) is 1.36. The number of rotatable bonds is 10. The van der Waals surface area contributed by atoms with Gasteiger partial charge in [-0.05, 0) is 73.0 Å². The first-order valence-electron chi connectivity index (χ1n) is 15.0. The van der Waals surface area contributed by atoms with Gasteiger partial charge in [-0.15, -0.1) is 0 Å². The second-order valence-corrected chi connectivity index (χ2v) is 11.9. The Bertz CT molecular complexity index is 1670. The number of nitrogens with zero attached hydrogens (tertiary/aromatic N) is 3. The van der Waals surface area contributed by atoms with Gasteiger partial charge < -0.3 is 26.0 Å². The first-order chi connectivity index (χ1) is 22.9. The molecule has 4 heterocycles. The van der Waals surface area contributed by atoms with Gasteiger partial charge in [0.15, 0.2) is 6.61 Å². The Morgan fingerprint density at radius 3 is 1.98 bits per heavy atom. The first kappa shape index (κ1) is 34.7. The molecule has 252 valence electrons. The molecule has 2 fully saturated rings. The molecule has 4 N–H and O–H groups in total. The maximum absolute atomic E-state index is 14.1. The zero-order chi connectivity index (χ0) is 34.1. The van der Waals surface area contributed by atoms with Crippen LogP contribution in [0, 0.1) is 5.92 Å². The minimum atomic E-state index is -4.49. The summed E-state index contributed by atoms with van der Waals surface area (Å²) in [5.74, 6) is -0.359. The van der Waals surface area contributed by atoms with E-state index in [-0.39, 0.29) is 17.5 Å². The van der Waals surface area contributed by atoms with Crippen molar-refractivity contribution in [3.05, 3.63) is 107 Å². The molecule has 2 amide bonds. The van der Waals surface area contributed by atoms with Crippen molar-refractivity contribution >= 4 is 34.8 Å². The van der Waals surface area contributed by atoms with E-state index < -0.39 is 24.4 Å². The highest BCUT2D eigenvalue weighted by Gasteiger charge is 2.36. The van der Waals surface area contributed by atoms with Crippen molar-refractivity contribution < 1.29 is 31.9 Å². The van der Waals surface area contributed by atoms with E-state index in [1.807, 2.05) is 12.1 Å². The van der Waals surface area contributed by atoms with E-state index in [9.17, 15) is 27.2 Å². The molecule has 2 saturated heterocycles. The predicted molar refractivity (Wildman–Crippen MR) is 172 cm³/mol. The number of amides is 2. The van der Waals surface area contributed by atoms with Crippen LogP contribution in [0.15, 0.2) is 79.3 Å². The second kappa shape index (κ2) is 15.5. The average molecular weight is 686 g/mol. The number of hydrogen-bond acceptors (Lipinski definition) is 8. The number of nitrogens with one attached hydrogen (secondary N) is 4. The highest BCUT2D eigenvalue weighted by Crippen LogP contribution is 2.24. The third-order valence-electron chi connectivity index (χ3n) is 7.45. The number of benzene rings is 2. The lowest BCUT2D eigenvalue weighted by molar-refractivity contribution is -0.154. The number of carbonyl (C=O) groups is 2. The number of ether oxygens (including phenoxy) is 1. The van der Waals surface area contributed by atoms with Crippen LogP contribution in [0.3, 0.4) is 0 Å². The highest BCUT2D eigenvalue weighted by molar-refractivity contribution is 6.29. The third-order valence-corrected chi connectivity index (χ3v) is 7.68. The van der Waals surface area contributed by atoms with Gasteiger partial charge in [-0.25, -0.2) is 19.3 Å². The summed E-state index contributed by atoms with van der Waals surface area (Å²) in [6, 6.07) is 18.0. The summed E-state index contributed by atoms with van der Waals surface area (Å²) in [5, 5.41) is 12.0. The molecule has 15 heteroatoms. The van der Waals surface area contributed by atoms with Crippen LogP contribution in [0.2, 0.25) is 5.15 Å². The monoisotopic (exact) mass is 685 g/mol. The van der Waals surface area contributed by atoms with Crippen LogP contribution in [0.25, 0.3) is 0 Å². The van der Waals surface area contributed by atoms with Gasteiger partial charge in [0, 0.05) is 37.1 Å². The standard InChI is InChI=1S/C17H16F4N4O2.C16H16ClN3O/c18-16(8-22-9-16)5-11-1-3-12(4-2-11)25-15(26)13-6-24-14(7-23-13)27-10-17(19,20)21;17-15-6-3-13(10-19-15)16(21)20-14-4-1-11(2-5-14)7-12-8-18-9-12/h1-4,6-7,22H,5,8-10H2,(H,25,26);1-6,10,12,18H,7-9H2,(H,20,21). The Labute approximate surface area is 278 Å². The molecule has 0 atom stereocenters. The summed E-state index contributed by atoms with van der Waals surface area (Å²) in [7, 11) is 0. The van der Waals surface area contributed by atoms with Crippen LogP contribution in [-0.4, -0.2) is 71.4 Å². The Hall–Kier alpha value is -4.66. The smallest absolute Gasteiger partial charge is 0.422 e. The van der Waals surface area contributed by atoms with E-state index in [4.69, 9.17) is 11.6 Å². The summed E-state index contributed by atoms with van der Waals surface area (Å²) in [4.78, 5) is 35.4. The minimum Gasteiger partial charge on any atom is -0.467 e. The number of anilines is 2. The number of aromatic nitrogens is 3. The zero-order valence-electron chi connectivity index (χ0n) is 25.5. The normalized spacial score (nSPS) is 15.2. The van der Waals surface area contributed by atoms with Crippen molar-refractivity contribution in [2.45, 2.75) is 24.7 Å². The number of alkyl halides is 4. The van der Waals surface area contributed by atoms with Gasteiger partial charge in [0.1, 0.15) is 16.5 Å². The van der Waals surface area contributed by atoms with E-state index in [1.54, 1.807) is 36.4 Å². The zero-order valence-corrected chi connectivity index (χ0v) is 26.2. The summed E-state index contributed by atoms with van der Waals surface area (Å²) >= 11 is 5.70. The van der Waals surface area contributed by atoms with Crippen LogP contribution in [0.5, 0.6) is 5.88 Å². The van der Waals surface area contributed by atoms with Gasteiger partial charge in [-0.3, -0.25) is 9.59 Å². The molecule has 0 aliphatic carbocycles. The van der Waals surface area contributed by atoms with Crippen molar-refractivity contribution in [2.75, 3.05) is 43.4 Å². The van der Waals surface area contributed by atoms with Gasteiger partial charge in [-0.2, -0.15) is 13.2 Å². The fourth-order valence-electron chi connectivity index (χ4n) is 4.72. The lowest BCUT2D eigenvalue weighted by Gasteiger charge is -2.35. The molecule has 2 aliphatic rings. The summed E-state index contributed by atoms with van der Waals surface area (Å²) in [5.41, 5.74) is 2.55. The highest BCUT2D eigenvalue weighted by atomic mass is 35.5. The molecule has 0 spiro atoms. The van der Waals surface area contributed by atoms with Crippen molar-refractivity contribution in [1.82, 2.24) is 25.6 Å². The predicted octanol–water partition coefficient (Wildman–Crippen LogP) is 5.27. The van der Waals surface area contributed by atoms with Gasteiger partial charge in [-0.1, -0.05) is 35.9 Å². The molecule has 0 radical (unpaired) electrons. The average Bonchev–Trinajstić information content (AvgIpc) is 3.03. The van der Waals surface area contributed by atoms with Crippen molar-refractivity contribution in [2.24, 2.45) is 5.92 Å². The van der Waals surface area contributed by atoms with Gasteiger partial charge in [0.05, 0.1) is 18.0 Å². The molecule has 2 aromatic carbocycles. The number of carbonyl (C=O) groups excluding carboxylic acids is 2. The molecule has 48 heavy (non-hydrogen) atoms. The number of pyridine rings is 1. The van der Waals surface area contributed by atoms with E-state index >= 15 is 0 Å². The van der Waals surface area contributed by atoms with E-state index in [0.717, 1.165) is 49.1 Å². The lowest BCUT2D eigenvalue weighted by Crippen LogP contribution is -2.57. The van der Waals surface area contributed by atoms with Gasteiger partial charge in [0.25, 0.3) is 11.8 Å². The molecular weight excluding hydrogens is 654 g/mol. The lowest BCUT2D eigenvalue weighted by atomic mass is 9.91. The molecule has 10 nitrogen and oxygen atoms in total. The summed E-state index contributed by atoms with van der Waals surface area (Å²) < 4.78 is 54.7. The van der Waals surface area contributed by atoms with Crippen LogP contribution in [-0.2, 0) is 12.8 Å². The molecule has 0 unspecified atom stereocenters. The van der Waals surface area contributed by atoms with Gasteiger partial charge in [0.2, 0.25) is 5.88 Å². The maximum Gasteiger partial charge on any atom is 0.422 e. The van der Waals surface area contributed by atoms with Crippen molar-refractivity contribution in [1.29, 1.82) is 0 Å². The molecule has 0 bridgehead atoms. The SMILES string of the molecule is O=C(Nc1ccc(CC2(F)CNC2)cc1)c1cnc(OCC(F)(F)F)cn1.O=C(Nc1ccc(CC2CNC2)cc1)c1ccc(Cl)nc1. The molecule has 6 rings (SSSR count). The first-order valence-corrected chi connectivity index (χ1v) is 15.3. The molecular formula is C33H32ClF4N7O3. The van der Waals surface area contributed by atoms with Crippen LogP contribution < -0.4 is 26.0 Å².